The number of rotatable bonds is 1. The summed E-state index contributed by atoms with van der Waals surface area (Å²) in [7, 11) is 2.08. The Morgan fingerprint density at radius 2 is 1.88 bits per heavy atom. The van der Waals surface area contributed by atoms with Gasteiger partial charge < -0.3 is 4.40 Å². The van der Waals surface area contributed by atoms with E-state index in [-0.39, 0.29) is 0 Å². The van der Waals surface area contributed by atoms with Crippen LogP contribution in [0.4, 0.5) is 0 Å². The summed E-state index contributed by atoms with van der Waals surface area (Å²) in [6.45, 7) is 2.16. The van der Waals surface area contributed by atoms with Gasteiger partial charge in [-0.25, -0.2) is 4.57 Å². The summed E-state index contributed by atoms with van der Waals surface area (Å²) in [5, 5.41) is 0. The van der Waals surface area contributed by atoms with Gasteiger partial charge in [-0.2, -0.15) is 0 Å². The maximum absolute atomic E-state index is 2.18. The second-order valence-corrected chi connectivity index (χ2v) is 4.38. The SMILES string of the molecule is Cc1cn2ccccc2c1-c1cccc[n+]1C. The van der Waals surface area contributed by atoms with Crippen LogP contribution in [0.15, 0.2) is 55.0 Å². The molecule has 0 atom stereocenters. The molecule has 0 saturated heterocycles. The fraction of sp³-hybridized carbons (Fsp3) is 0.133. The number of nitrogens with zero attached hydrogens (tertiary/aromatic N) is 2. The van der Waals surface area contributed by atoms with Gasteiger partial charge in [0, 0.05) is 24.5 Å². The first-order chi connectivity index (χ1) is 8.27. The maximum Gasteiger partial charge on any atom is 0.214 e. The minimum Gasteiger partial charge on any atom is -0.323 e. The van der Waals surface area contributed by atoms with E-state index in [1.54, 1.807) is 0 Å². The van der Waals surface area contributed by atoms with E-state index in [1.807, 2.05) is 0 Å². The lowest BCUT2D eigenvalue weighted by Crippen LogP contribution is -2.30. The average Bonchev–Trinajstić information content (AvgIpc) is 2.66. The topological polar surface area (TPSA) is 8.29 Å². The highest BCUT2D eigenvalue weighted by Crippen LogP contribution is 2.26. The van der Waals surface area contributed by atoms with Crippen molar-refractivity contribution < 1.29 is 4.57 Å². The van der Waals surface area contributed by atoms with Crippen LogP contribution in [0.25, 0.3) is 16.8 Å². The van der Waals surface area contributed by atoms with Crippen molar-refractivity contribution in [3.05, 3.63) is 60.6 Å². The van der Waals surface area contributed by atoms with Crippen molar-refractivity contribution >= 4 is 5.52 Å². The van der Waals surface area contributed by atoms with E-state index in [0.29, 0.717) is 0 Å². The summed E-state index contributed by atoms with van der Waals surface area (Å²) < 4.78 is 4.34. The minimum atomic E-state index is 1.25. The smallest absolute Gasteiger partial charge is 0.214 e. The molecule has 3 heterocycles. The molecule has 2 nitrogen and oxygen atoms in total. The van der Waals surface area contributed by atoms with Gasteiger partial charge in [0.25, 0.3) is 0 Å². The zero-order chi connectivity index (χ0) is 11.8. The molecule has 0 aromatic carbocycles. The predicted molar refractivity (Wildman–Crippen MR) is 68.7 cm³/mol. The number of aryl methyl sites for hydroxylation is 2. The molecular weight excluding hydrogens is 208 g/mol. The number of fused-ring (bicyclic) bond motifs is 1. The van der Waals surface area contributed by atoms with Gasteiger partial charge in [0.15, 0.2) is 6.20 Å². The van der Waals surface area contributed by atoms with Crippen molar-refractivity contribution in [1.29, 1.82) is 0 Å². The molecule has 2 heteroatoms. The van der Waals surface area contributed by atoms with Gasteiger partial charge in [-0.05, 0) is 30.7 Å². The molecule has 17 heavy (non-hydrogen) atoms. The molecule has 0 bridgehead atoms. The molecule has 3 aromatic heterocycles. The average molecular weight is 223 g/mol. The fourth-order valence-corrected chi connectivity index (χ4v) is 2.37. The monoisotopic (exact) mass is 223 g/mol. The Morgan fingerprint density at radius 3 is 2.71 bits per heavy atom. The Balaban J connectivity index is 2.38. The molecule has 0 aliphatic rings. The molecule has 84 valence electrons. The molecule has 0 spiro atoms. The summed E-state index contributed by atoms with van der Waals surface area (Å²) in [6, 6.07) is 12.6. The van der Waals surface area contributed by atoms with Crippen LogP contribution in [0.2, 0.25) is 0 Å². The van der Waals surface area contributed by atoms with Crippen molar-refractivity contribution in [3.63, 3.8) is 0 Å². The molecule has 0 radical (unpaired) electrons. The summed E-state index contributed by atoms with van der Waals surface area (Å²) >= 11 is 0. The van der Waals surface area contributed by atoms with E-state index < -0.39 is 0 Å². The van der Waals surface area contributed by atoms with Gasteiger partial charge in [0.2, 0.25) is 5.69 Å². The summed E-state index contributed by atoms with van der Waals surface area (Å²) in [5.74, 6) is 0. The van der Waals surface area contributed by atoms with E-state index in [1.165, 1.54) is 22.3 Å². The van der Waals surface area contributed by atoms with Crippen molar-refractivity contribution in [2.45, 2.75) is 6.92 Å². The lowest BCUT2D eigenvalue weighted by molar-refractivity contribution is -0.660. The number of hydrogen-bond acceptors (Lipinski definition) is 0. The highest BCUT2D eigenvalue weighted by atomic mass is 14.9. The molecule has 0 N–H and O–H groups in total. The van der Waals surface area contributed by atoms with Crippen molar-refractivity contribution in [3.8, 4) is 11.3 Å². The lowest BCUT2D eigenvalue weighted by atomic mass is 10.1. The molecule has 0 unspecified atom stereocenters. The van der Waals surface area contributed by atoms with Crippen molar-refractivity contribution in [2.24, 2.45) is 7.05 Å². The second kappa shape index (κ2) is 3.74. The fourth-order valence-electron chi connectivity index (χ4n) is 2.37. The van der Waals surface area contributed by atoms with Gasteiger partial charge in [0.1, 0.15) is 7.05 Å². The lowest BCUT2D eigenvalue weighted by Gasteiger charge is -2.00. The Kier molecular flexibility index (Phi) is 2.22. The largest absolute Gasteiger partial charge is 0.323 e. The van der Waals surface area contributed by atoms with Crippen LogP contribution in [-0.4, -0.2) is 4.40 Å². The van der Waals surface area contributed by atoms with E-state index in [2.05, 4.69) is 77.9 Å². The Labute approximate surface area is 101 Å². The molecule has 3 aromatic rings. The maximum atomic E-state index is 2.18. The van der Waals surface area contributed by atoms with Crippen molar-refractivity contribution in [2.75, 3.05) is 0 Å². The first-order valence-corrected chi connectivity index (χ1v) is 5.79. The van der Waals surface area contributed by atoms with Gasteiger partial charge >= 0.3 is 0 Å². The molecule has 0 aliphatic carbocycles. The van der Waals surface area contributed by atoms with E-state index >= 15 is 0 Å². The molecule has 3 rings (SSSR count). The van der Waals surface area contributed by atoms with Gasteiger partial charge in [-0.15, -0.1) is 0 Å². The zero-order valence-electron chi connectivity index (χ0n) is 10.1. The number of pyridine rings is 2. The highest BCUT2D eigenvalue weighted by molar-refractivity contribution is 5.80. The van der Waals surface area contributed by atoms with Crippen LogP contribution in [-0.2, 0) is 7.05 Å². The summed E-state index contributed by atoms with van der Waals surface area (Å²) in [4.78, 5) is 0. The number of hydrogen-bond donors (Lipinski definition) is 0. The zero-order valence-corrected chi connectivity index (χ0v) is 10.1. The highest BCUT2D eigenvalue weighted by Gasteiger charge is 2.16. The van der Waals surface area contributed by atoms with Crippen LogP contribution >= 0.6 is 0 Å². The minimum absolute atomic E-state index is 1.25. The van der Waals surface area contributed by atoms with Gasteiger partial charge in [0.05, 0.1) is 11.1 Å². The normalized spacial score (nSPS) is 10.9. The van der Waals surface area contributed by atoms with Crippen LogP contribution in [0.1, 0.15) is 5.56 Å². The van der Waals surface area contributed by atoms with Crippen LogP contribution in [0.5, 0.6) is 0 Å². The third-order valence-corrected chi connectivity index (χ3v) is 3.18. The molecule has 0 amide bonds. The van der Waals surface area contributed by atoms with E-state index in [4.69, 9.17) is 0 Å². The first-order valence-electron chi connectivity index (χ1n) is 5.79. The predicted octanol–water partition coefficient (Wildman–Crippen LogP) is 2.74. The first kappa shape index (κ1) is 10.1. The van der Waals surface area contributed by atoms with Crippen LogP contribution < -0.4 is 4.57 Å². The summed E-state index contributed by atoms with van der Waals surface area (Å²) in [6.07, 6.45) is 6.35. The quantitative estimate of drug-likeness (QED) is 0.561. The van der Waals surface area contributed by atoms with E-state index in [9.17, 15) is 0 Å². The third kappa shape index (κ3) is 1.53. The van der Waals surface area contributed by atoms with E-state index in [0.717, 1.165) is 0 Å². The second-order valence-electron chi connectivity index (χ2n) is 4.38. The number of aromatic nitrogens is 2. The third-order valence-electron chi connectivity index (χ3n) is 3.18. The Bertz CT molecular complexity index is 680. The molecule has 0 aliphatic heterocycles. The van der Waals surface area contributed by atoms with Crippen LogP contribution in [0.3, 0.4) is 0 Å². The molecular formula is C15H15N2+. The van der Waals surface area contributed by atoms with Gasteiger partial charge in [-0.3, -0.25) is 0 Å². The van der Waals surface area contributed by atoms with Crippen LogP contribution in [0, 0.1) is 6.92 Å². The Morgan fingerprint density at radius 1 is 1.06 bits per heavy atom. The molecule has 0 saturated carbocycles. The van der Waals surface area contributed by atoms with Crippen molar-refractivity contribution in [1.82, 2.24) is 4.40 Å². The Hall–Kier alpha value is -2.09. The van der Waals surface area contributed by atoms with Gasteiger partial charge in [-0.1, -0.05) is 6.07 Å². The summed E-state index contributed by atoms with van der Waals surface area (Å²) in [5.41, 5.74) is 5.12. The molecule has 0 fully saturated rings. The standard InChI is InChI=1S/C15H15N2/c1-12-11-17-10-6-4-8-14(17)15(12)13-7-3-5-9-16(13)2/h3-11H,1-2H3/q+1.